The van der Waals surface area contributed by atoms with Crippen molar-refractivity contribution in [1.82, 2.24) is 0 Å². The molecule has 1 aliphatic heterocycles. The highest BCUT2D eigenvalue weighted by Gasteiger charge is 2.35. The molecule has 2 aromatic carbocycles. The first-order chi connectivity index (χ1) is 11.2. The minimum atomic E-state index is -3.56. The molecule has 0 radical (unpaired) electrons. The van der Waals surface area contributed by atoms with Crippen molar-refractivity contribution in [2.24, 2.45) is 0 Å². The molecule has 0 atom stereocenters. The van der Waals surface area contributed by atoms with Gasteiger partial charge in [-0.05, 0) is 36.4 Å². The summed E-state index contributed by atoms with van der Waals surface area (Å²) in [4.78, 5) is 12.4. The van der Waals surface area contributed by atoms with Crippen molar-refractivity contribution in [2.75, 3.05) is 28.0 Å². The molecule has 0 bridgehead atoms. The minimum absolute atomic E-state index is 0.239. The summed E-state index contributed by atoms with van der Waals surface area (Å²) < 4.78 is 26.6. The summed E-state index contributed by atoms with van der Waals surface area (Å²) >= 11 is 11.9. The number of halogens is 2. The van der Waals surface area contributed by atoms with Crippen molar-refractivity contribution < 1.29 is 13.2 Å². The zero-order valence-electron chi connectivity index (χ0n) is 12.7. The Bertz CT molecular complexity index is 947. The van der Waals surface area contributed by atoms with E-state index in [1.54, 1.807) is 24.3 Å². The van der Waals surface area contributed by atoms with Gasteiger partial charge in [0.05, 0.1) is 22.0 Å². The van der Waals surface area contributed by atoms with Gasteiger partial charge in [0.15, 0.2) is 0 Å². The number of benzene rings is 2. The third kappa shape index (κ3) is 2.68. The van der Waals surface area contributed by atoms with Crippen molar-refractivity contribution >= 4 is 56.4 Å². The number of rotatable bonds is 2. The molecule has 0 aromatic heterocycles. The highest BCUT2D eigenvalue weighted by Crippen LogP contribution is 2.40. The molecule has 9 heteroatoms. The lowest BCUT2D eigenvalue weighted by Crippen LogP contribution is -2.32. The van der Waals surface area contributed by atoms with Gasteiger partial charge in [-0.1, -0.05) is 23.2 Å². The lowest BCUT2D eigenvalue weighted by Gasteiger charge is -2.13. The minimum Gasteiger partial charge on any atom is -0.322 e. The summed E-state index contributed by atoms with van der Waals surface area (Å²) in [6, 6.07) is 9.44. The van der Waals surface area contributed by atoms with Gasteiger partial charge in [0.25, 0.3) is 5.91 Å². The van der Waals surface area contributed by atoms with Crippen LogP contribution in [0.4, 0.5) is 17.1 Å². The van der Waals surface area contributed by atoms with E-state index in [1.165, 1.54) is 30.5 Å². The zero-order chi connectivity index (χ0) is 17.6. The summed E-state index contributed by atoms with van der Waals surface area (Å²) in [7, 11) is -0.628. The van der Waals surface area contributed by atoms with Gasteiger partial charge in [-0.15, -0.1) is 0 Å². The molecule has 0 aliphatic carbocycles. The summed E-state index contributed by atoms with van der Waals surface area (Å²) in [5.74, 6) is -0.431. The Morgan fingerprint density at radius 2 is 1.67 bits per heavy atom. The molecule has 1 amide bonds. The number of carbonyl (C=O) groups excluding carboxylic acids is 1. The monoisotopic (exact) mass is 385 g/mol. The Kier molecular flexibility index (Phi) is 4.11. The van der Waals surface area contributed by atoms with Gasteiger partial charge in [0.1, 0.15) is 0 Å². The quantitative estimate of drug-likeness (QED) is 0.861. The van der Waals surface area contributed by atoms with E-state index in [4.69, 9.17) is 23.2 Å². The fourth-order valence-corrected chi connectivity index (χ4v) is 3.96. The van der Waals surface area contributed by atoms with Gasteiger partial charge >= 0.3 is 10.2 Å². The number of amides is 1. The highest BCUT2D eigenvalue weighted by molar-refractivity contribution is 7.94. The fourth-order valence-electron chi connectivity index (χ4n) is 2.42. The number of carbonyl (C=O) groups is 1. The van der Waals surface area contributed by atoms with E-state index in [0.29, 0.717) is 22.1 Å². The standard InChI is InChI=1S/C15H13Cl2N3O3S/c1-19-13-6-4-10(8-14(13)20(2)24(19,22)23)18-15(21)11-7-9(16)3-5-12(11)17/h3-8H,1-2H3,(H,18,21). The van der Waals surface area contributed by atoms with Gasteiger partial charge < -0.3 is 5.32 Å². The highest BCUT2D eigenvalue weighted by atomic mass is 35.5. The number of fused-ring (bicyclic) bond motifs is 1. The number of anilines is 3. The van der Waals surface area contributed by atoms with Crippen molar-refractivity contribution in [2.45, 2.75) is 0 Å². The summed E-state index contributed by atoms with van der Waals surface area (Å²) in [6.07, 6.45) is 0. The van der Waals surface area contributed by atoms with E-state index in [9.17, 15) is 13.2 Å². The van der Waals surface area contributed by atoms with Crippen LogP contribution in [0.15, 0.2) is 36.4 Å². The molecule has 1 aliphatic rings. The number of hydrogen-bond donors (Lipinski definition) is 1. The molecule has 1 heterocycles. The van der Waals surface area contributed by atoms with E-state index in [-0.39, 0.29) is 10.6 Å². The van der Waals surface area contributed by atoms with Gasteiger partial charge in [-0.3, -0.25) is 13.4 Å². The molecule has 24 heavy (non-hydrogen) atoms. The lowest BCUT2D eigenvalue weighted by atomic mass is 10.2. The van der Waals surface area contributed by atoms with Crippen molar-refractivity contribution in [3.63, 3.8) is 0 Å². The van der Waals surface area contributed by atoms with Crippen LogP contribution in [0.5, 0.6) is 0 Å². The van der Waals surface area contributed by atoms with E-state index in [1.807, 2.05) is 0 Å². The third-order valence-electron chi connectivity index (χ3n) is 3.78. The Balaban J connectivity index is 1.92. The Morgan fingerprint density at radius 3 is 2.38 bits per heavy atom. The fraction of sp³-hybridized carbons (Fsp3) is 0.133. The maximum Gasteiger partial charge on any atom is 0.326 e. The van der Waals surface area contributed by atoms with Gasteiger partial charge in [0.2, 0.25) is 0 Å². The third-order valence-corrected chi connectivity index (χ3v) is 6.12. The molecular weight excluding hydrogens is 373 g/mol. The van der Waals surface area contributed by atoms with E-state index < -0.39 is 16.1 Å². The largest absolute Gasteiger partial charge is 0.326 e. The second-order valence-electron chi connectivity index (χ2n) is 5.22. The predicted molar refractivity (Wildman–Crippen MR) is 96.6 cm³/mol. The summed E-state index contributed by atoms with van der Waals surface area (Å²) in [5, 5.41) is 3.37. The first kappa shape index (κ1) is 16.9. The zero-order valence-corrected chi connectivity index (χ0v) is 15.1. The maximum atomic E-state index is 12.4. The molecule has 0 saturated heterocycles. The average Bonchev–Trinajstić information content (AvgIpc) is 2.70. The lowest BCUT2D eigenvalue weighted by molar-refractivity contribution is 0.102. The molecule has 6 nitrogen and oxygen atoms in total. The van der Waals surface area contributed by atoms with Crippen molar-refractivity contribution in [1.29, 1.82) is 0 Å². The molecule has 2 aromatic rings. The van der Waals surface area contributed by atoms with Crippen LogP contribution in [0.25, 0.3) is 0 Å². The van der Waals surface area contributed by atoms with Crippen molar-refractivity contribution in [3.8, 4) is 0 Å². The van der Waals surface area contributed by atoms with E-state index in [2.05, 4.69) is 5.32 Å². The summed E-state index contributed by atoms with van der Waals surface area (Å²) in [6.45, 7) is 0. The first-order valence-electron chi connectivity index (χ1n) is 6.85. The van der Waals surface area contributed by atoms with Crippen LogP contribution in [0.3, 0.4) is 0 Å². The molecular formula is C15H13Cl2N3O3S. The van der Waals surface area contributed by atoms with Crippen LogP contribution < -0.4 is 13.9 Å². The SMILES string of the molecule is CN1c2ccc(NC(=O)c3cc(Cl)ccc3Cl)cc2N(C)S1(=O)=O. The average molecular weight is 386 g/mol. The molecule has 0 spiro atoms. The van der Waals surface area contributed by atoms with Crippen LogP contribution in [-0.2, 0) is 10.2 Å². The molecule has 126 valence electrons. The predicted octanol–water partition coefficient (Wildman–Crippen LogP) is 3.38. The number of hydrogen-bond acceptors (Lipinski definition) is 3. The smallest absolute Gasteiger partial charge is 0.322 e. The maximum absolute atomic E-state index is 12.4. The van der Waals surface area contributed by atoms with Crippen LogP contribution in [0.1, 0.15) is 10.4 Å². The molecule has 0 saturated carbocycles. The van der Waals surface area contributed by atoms with E-state index in [0.717, 1.165) is 4.31 Å². The second-order valence-corrected chi connectivity index (χ2v) is 8.06. The van der Waals surface area contributed by atoms with Crippen LogP contribution in [-0.4, -0.2) is 28.4 Å². The molecule has 0 unspecified atom stereocenters. The molecule has 0 fully saturated rings. The van der Waals surface area contributed by atoms with Crippen LogP contribution >= 0.6 is 23.2 Å². The van der Waals surface area contributed by atoms with Crippen LogP contribution in [0.2, 0.25) is 10.0 Å². The normalized spacial score (nSPS) is 15.3. The Labute approximate surface area is 149 Å². The Hall–Kier alpha value is -1.96. The van der Waals surface area contributed by atoms with Crippen molar-refractivity contribution in [3.05, 3.63) is 52.0 Å². The van der Waals surface area contributed by atoms with Gasteiger partial charge in [-0.25, -0.2) is 0 Å². The van der Waals surface area contributed by atoms with E-state index >= 15 is 0 Å². The molecule has 3 rings (SSSR count). The summed E-state index contributed by atoms with van der Waals surface area (Å²) in [5.41, 5.74) is 1.71. The number of nitrogens with zero attached hydrogens (tertiary/aromatic N) is 2. The Morgan fingerprint density at radius 1 is 1.00 bits per heavy atom. The topological polar surface area (TPSA) is 69.7 Å². The van der Waals surface area contributed by atoms with Gasteiger partial charge in [-0.2, -0.15) is 8.42 Å². The van der Waals surface area contributed by atoms with Crippen LogP contribution in [0, 0.1) is 0 Å². The second kappa shape index (κ2) is 5.84. The first-order valence-corrected chi connectivity index (χ1v) is 9.00. The number of nitrogens with one attached hydrogen (secondary N) is 1. The van der Waals surface area contributed by atoms with Gasteiger partial charge in [0, 0.05) is 24.8 Å². The molecule has 1 N–H and O–H groups in total.